The van der Waals surface area contributed by atoms with Gasteiger partial charge in [-0.3, -0.25) is 0 Å². The zero-order valence-corrected chi connectivity index (χ0v) is 13.9. The smallest absolute Gasteiger partial charge is 0.251 e. The second-order valence-electron chi connectivity index (χ2n) is 6.82. The Labute approximate surface area is 134 Å². The van der Waals surface area contributed by atoms with E-state index in [0.29, 0.717) is 0 Å². The Kier molecular flexibility index (Phi) is 3.23. The van der Waals surface area contributed by atoms with E-state index in [9.17, 15) is 0 Å². The van der Waals surface area contributed by atoms with Crippen molar-refractivity contribution in [2.24, 2.45) is 5.73 Å². The average Bonchev–Trinajstić information content (AvgIpc) is 3.05. The highest BCUT2D eigenvalue weighted by Crippen LogP contribution is 2.50. The second kappa shape index (κ2) is 4.88. The Hall–Kier alpha value is -0.740. The average molecular weight is 352 g/mol. The van der Waals surface area contributed by atoms with E-state index in [1.54, 1.807) is 0 Å². The molecule has 0 saturated heterocycles. The Morgan fingerprint density at radius 2 is 1.43 bits per heavy atom. The number of rotatable bonds is 1. The van der Waals surface area contributed by atoms with Crippen LogP contribution in [0, 0.1) is 0 Å². The van der Waals surface area contributed by atoms with Crippen molar-refractivity contribution in [1.82, 2.24) is 0 Å². The normalized spacial score (nSPS) is 25.4. The van der Waals surface area contributed by atoms with Crippen molar-refractivity contribution in [1.29, 1.82) is 0 Å². The van der Waals surface area contributed by atoms with Crippen molar-refractivity contribution in [2.75, 3.05) is 0 Å². The van der Waals surface area contributed by atoms with Crippen molar-refractivity contribution in [3.63, 3.8) is 0 Å². The molecule has 4 rings (SSSR count). The monoisotopic (exact) mass is 351 g/mol. The molecule has 2 fully saturated rings. The van der Waals surface area contributed by atoms with Crippen LogP contribution in [0.2, 0.25) is 0 Å². The van der Waals surface area contributed by atoms with Crippen LogP contribution in [0.15, 0.2) is 16.6 Å². The zero-order valence-electron chi connectivity index (χ0n) is 12.3. The van der Waals surface area contributed by atoms with Crippen molar-refractivity contribution >= 4 is 15.9 Å². The van der Waals surface area contributed by atoms with Gasteiger partial charge >= 0.3 is 0 Å². The summed E-state index contributed by atoms with van der Waals surface area (Å²) < 4.78 is 13.4. The molecular weight excluding hydrogens is 330 g/mol. The number of benzene rings is 1. The van der Waals surface area contributed by atoms with Gasteiger partial charge in [0.1, 0.15) is 0 Å². The van der Waals surface area contributed by atoms with Crippen LogP contribution in [0.1, 0.15) is 63.4 Å². The molecule has 21 heavy (non-hydrogen) atoms. The predicted molar refractivity (Wildman–Crippen MR) is 85.5 cm³/mol. The first-order valence-corrected chi connectivity index (χ1v) is 8.91. The molecule has 2 N–H and O–H groups in total. The fourth-order valence-electron chi connectivity index (χ4n) is 4.07. The molecule has 1 spiro atoms. The summed E-state index contributed by atoms with van der Waals surface area (Å²) in [5.41, 5.74) is 7.65. The lowest BCUT2D eigenvalue weighted by Crippen LogP contribution is -2.38. The van der Waals surface area contributed by atoms with Gasteiger partial charge in [0.2, 0.25) is 0 Å². The van der Waals surface area contributed by atoms with Gasteiger partial charge < -0.3 is 15.2 Å². The van der Waals surface area contributed by atoms with Gasteiger partial charge in [0.25, 0.3) is 5.79 Å². The quantitative estimate of drug-likeness (QED) is 0.803. The van der Waals surface area contributed by atoms with E-state index in [-0.39, 0.29) is 5.54 Å². The molecule has 0 aromatic heterocycles. The molecule has 3 aliphatic rings. The number of hydrogen-bond donors (Lipinski definition) is 1. The molecule has 114 valence electrons. The predicted octanol–water partition coefficient (Wildman–Crippen LogP) is 4.61. The van der Waals surface area contributed by atoms with Gasteiger partial charge in [-0.1, -0.05) is 35.2 Å². The van der Waals surface area contributed by atoms with Gasteiger partial charge in [0.05, 0.1) is 0 Å². The number of ether oxygens (including phenoxy) is 2. The minimum absolute atomic E-state index is 0.221. The van der Waals surface area contributed by atoms with Gasteiger partial charge in [-0.25, -0.2) is 0 Å². The first kappa shape index (κ1) is 13.9. The van der Waals surface area contributed by atoms with E-state index >= 15 is 0 Å². The van der Waals surface area contributed by atoms with Crippen molar-refractivity contribution in [3.05, 3.63) is 22.2 Å². The van der Waals surface area contributed by atoms with E-state index in [4.69, 9.17) is 15.2 Å². The summed E-state index contributed by atoms with van der Waals surface area (Å²) in [5.74, 6) is 1.35. The molecule has 0 amide bonds. The summed E-state index contributed by atoms with van der Waals surface area (Å²) in [6.07, 6.45) is 10.2. The summed E-state index contributed by atoms with van der Waals surface area (Å²) in [5, 5.41) is 0. The van der Waals surface area contributed by atoms with Gasteiger partial charge in [-0.2, -0.15) is 0 Å². The number of nitrogens with two attached hydrogens (primary N) is 1. The largest absolute Gasteiger partial charge is 0.448 e. The minimum atomic E-state index is -0.394. The maximum Gasteiger partial charge on any atom is 0.251 e. The highest BCUT2D eigenvalue weighted by molar-refractivity contribution is 9.10. The lowest BCUT2D eigenvalue weighted by Gasteiger charge is -2.34. The third-order valence-corrected chi connectivity index (χ3v) is 5.93. The highest BCUT2D eigenvalue weighted by atomic mass is 79.9. The molecule has 3 nitrogen and oxygen atoms in total. The van der Waals surface area contributed by atoms with E-state index in [1.165, 1.54) is 37.7 Å². The minimum Gasteiger partial charge on any atom is -0.448 e. The van der Waals surface area contributed by atoms with Crippen LogP contribution >= 0.6 is 15.9 Å². The van der Waals surface area contributed by atoms with Crippen LogP contribution < -0.4 is 15.2 Å². The van der Waals surface area contributed by atoms with Crippen molar-refractivity contribution in [3.8, 4) is 11.5 Å². The van der Waals surface area contributed by atoms with Crippen LogP contribution in [0.4, 0.5) is 0 Å². The van der Waals surface area contributed by atoms with E-state index in [2.05, 4.69) is 28.1 Å². The standard InChI is InChI=1S/C17H22BrNO2/c18-13-11-15-14(20-17(21-15)8-4-5-9-17)10-12(13)16(19)6-2-1-3-7-16/h10-11H,1-9,19H2. The van der Waals surface area contributed by atoms with Crippen LogP contribution in [-0.4, -0.2) is 5.79 Å². The third-order valence-electron chi connectivity index (χ3n) is 5.27. The molecule has 0 atom stereocenters. The van der Waals surface area contributed by atoms with E-state index in [1.807, 2.05) is 0 Å². The third kappa shape index (κ3) is 2.27. The second-order valence-corrected chi connectivity index (χ2v) is 7.67. The first-order chi connectivity index (χ1) is 10.1. The van der Waals surface area contributed by atoms with E-state index in [0.717, 1.165) is 41.7 Å². The molecule has 2 aliphatic carbocycles. The molecule has 1 aliphatic heterocycles. The maximum absolute atomic E-state index is 6.69. The molecule has 4 heteroatoms. The Morgan fingerprint density at radius 1 is 0.857 bits per heavy atom. The molecule has 1 aromatic carbocycles. The lowest BCUT2D eigenvalue weighted by atomic mass is 9.77. The summed E-state index contributed by atoms with van der Waals surface area (Å²) >= 11 is 3.70. The molecule has 0 radical (unpaired) electrons. The SMILES string of the molecule is NC1(c2cc3c(cc2Br)OC2(CCCC2)O3)CCCCC1. The van der Waals surface area contributed by atoms with Crippen LogP contribution in [0.5, 0.6) is 11.5 Å². The number of halogens is 1. The topological polar surface area (TPSA) is 44.5 Å². The molecular formula is C17H22BrNO2. The van der Waals surface area contributed by atoms with Crippen LogP contribution in [0.3, 0.4) is 0 Å². The molecule has 2 saturated carbocycles. The van der Waals surface area contributed by atoms with Crippen LogP contribution in [0.25, 0.3) is 0 Å². The summed E-state index contributed by atoms with van der Waals surface area (Å²) in [6.45, 7) is 0. The summed E-state index contributed by atoms with van der Waals surface area (Å²) in [4.78, 5) is 0. The summed E-state index contributed by atoms with van der Waals surface area (Å²) in [7, 11) is 0. The fourth-order valence-corrected chi connectivity index (χ4v) is 4.78. The van der Waals surface area contributed by atoms with E-state index < -0.39 is 5.79 Å². The van der Waals surface area contributed by atoms with Gasteiger partial charge in [-0.05, 0) is 43.4 Å². The maximum atomic E-state index is 6.69. The Balaban J connectivity index is 1.69. The highest BCUT2D eigenvalue weighted by Gasteiger charge is 2.45. The van der Waals surface area contributed by atoms with Gasteiger partial charge in [0, 0.05) is 22.9 Å². The van der Waals surface area contributed by atoms with Gasteiger partial charge in [0.15, 0.2) is 11.5 Å². The fraction of sp³-hybridized carbons (Fsp3) is 0.647. The number of fused-ring (bicyclic) bond motifs is 1. The van der Waals surface area contributed by atoms with Gasteiger partial charge in [-0.15, -0.1) is 0 Å². The Morgan fingerprint density at radius 3 is 2.10 bits per heavy atom. The van der Waals surface area contributed by atoms with Crippen molar-refractivity contribution in [2.45, 2.75) is 69.1 Å². The number of hydrogen-bond acceptors (Lipinski definition) is 3. The summed E-state index contributed by atoms with van der Waals surface area (Å²) in [6, 6.07) is 4.18. The Bertz CT molecular complexity index is 560. The lowest BCUT2D eigenvalue weighted by molar-refractivity contribution is -0.0716. The molecule has 1 aromatic rings. The zero-order chi connectivity index (χ0) is 14.5. The van der Waals surface area contributed by atoms with Crippen LogP contribution in [-0.2, 0) is 5.54 Å². The first-order valence-electron chi connectivity index (χ1n) is 8.11. The van der Waals surface area contributed by atoms with Crippen molar-refractivity contribution < 1.29 is 9.47 Å². The molecule has 0 unspecified atom stereocenters. The molecule has 0 bridgehead atoms. The molecule has 1 heterocycles.